The lowest BCUT2D eigenvalue weighted by molar-refractivity contribution is 0.246. The molecule has 5 nitrogen and oxygen atoms in total. The predicted molar refractivity (Wildman–Crippen MR) is 111 cm³/mol. The third kappa shape index (κ3) is 8.88. The van der Waals surface area contributed by atoms with E-state index in [0.717, 1.165) is 25.3 Å². The van der Waals surface area contributed by atoms with Crippen LogP contribution < -0.4 is 10.1 Å². The highest BCUT2D eigenvalue weighted by Gasteiger charge is 2.13. The highest BCUT2D eigenvalue weighted by molar-refractivity contribution is 7.85. The fraction of sp³-hybridized carbons (Fsp3) is 0.500. The van der Waals surface area contributed by atoms with Crippen LogP contribution in [0.5, 0.6) is 5.75 Å². The largest absolute Gasteiger partial charge is 0.493 e. The summed E-state index contributed by atoms with van der Waals surface area (Å²) in [6.45, 7) is 1.76. The first kappa shape index (κ1) is 21.9. The first-order valence-corrected chi connectivity index (χ1v) is 11.9. The van der Waals surface area contributed by atoms with E-state index in [0.29, 0.717) is 12.2 Å². The maximum atomic E-state index is 9.19. The summed E-state index contributed by atoms with van der Waals surface area (Å²) >= 11 is 1.83. The Labute approximate surface area is 166 Å². The topological polar surface area (TPSA) is 75.6 Å². The van der Waals surface area contributed by atoms with Crippen LogP contribution in [0.3, 0.4) is 0 Å². The van der Waals surface area contributed by atoms with Crippen molar-refractivity contribution in [2.45, 2.75) is 32.1 Å². The highest BCUT2D eigenvalue weighted by Crippen LogP contribution is 2.26. The monoisotopic (exact) mass is 411 g/mol. The molecule has 2 N–H and O–H groups in total. The fourth-order valence-corrected chi connectivity index (χ4v) is 4.03. The van der Waals surface area contributed by atoms with Gasteiger partial charge in [-0.2, -0.15) is 8.42 Å². The molecule has 2 aromatic rings. The Kier molecular flexibility index (Phi) is 8.76. The van der Waals surface area contributed by atoms with Gasteiger partial charge in [-0.3, -0.25) is 4.55 Å². The van der Waals surface area contributed by atoms with E-state index < -0.39 is 10.1 Å². The zero-order valence-electron chi connectivity index (χ0n) is 16.0. The molecule has 0 aliphatic heterocycles. The van der Waals surface area contributed by atoms with Gasteiger partial charge in [-0.1, -0.05) is 12.1 Å². The van der Waals surface area contributed by atoms with Crippen LogP contribution in [0.25, 0.3) is 0 Å². The maximum absolute atomic E-state index is 9.19. The smallest absolute Gasteiger partial charge is 0.261 e. The molecule has 1 aromatic carbocycles. The van der Waals surface area contributed by atoms with Gasteiger partial charge >= 0.3 is 0 Å². The van der Waals surface area contributed by atoms with Crippen molar-refractivity contribution in [3.63, 3.8) is 0 Å². The summed E-state index contributed by atoms with van der Waals surface area (Å²) in [5, 5.41) is 5.44. The summed E-state index contributed by atoms with van der Waals surface area (Å²) < 4.78 is 32.0. The van der Waals surface area contributed by atoms with Gasteiger partial charge in [0, 0.05) is 17.3 Å². The first-order valence-electron chi connectivity index (χ1n) is 9.19. The Morgan fingerprint density at radius 2 is 1.93 bits per heavy atom. The zero-order valence-corrected chi connectivity index (χ0v) is 17.6. The van der Waals surface area contributed by atoms with Gasteiger partial charge in [0.05, 0.1) is 12.9 Å². The van der Waals surface area contributed by atoms with Gasteiger partial charge in [-0.05, 0) is 73.9 Å². The van der Waals surface area contributed by atoms with Crippen molar-refractivity contribution in [2.75, 3.05) is 26.5 Å². The number of nitrogens with one attached hydrogen (secondary N) is 1. The SMILES string of the molecule is CNCC(COc1ccc2c(c1)CCCC2)Cc1cccs1.CS(=O)(=O)O. The summed E-state index contributed by atoms with van der Waals surface area (Å²) in [5.41, 5.74) is 3.01. The van der Waals surface area contributed by atoms with Crippen LogP contribution in [0.1, 0.15) is 28.8 Å². The van der Waals surface area contributed by atoms with E-state index in [2.05, 4.69) is 41.0 Å². The first-order chi connectivity index (χ1) is 12.8. The van der Waals surface area contributed by atoms with E-state index in [4.69, 9.17) is 9.29 Å². The van der Waals surface area contributed by atoms with Crippen LogP contribution >= 0.6 is 11.3 Å². The molecular weight excluding hydrogens is 382 g/mol. The quantitative estimate of drug-likeness (QED) is 0.681. The zero-order chi connectivity index (χ0) is 19.7. The Bertz CT molecular complexity index is 780. The summed E-state index contributed by atoms with van der Waals surface area (Å²) in [5.74, 6) is 1.55. The Hall–Kier alpha value is -1.41. The van der Waals surface area contributed by atoms with Gasteiger partial charge in [-0.25, -0.2) is 0 Å². The van der Waals surface area contributed by atoms with Crippen LogP contribution in [0.2, 0.25) is 0 Å². The molecule has 1 atom stereocenters. The van der Waals surface area contributed by atoms with Crippen molar-refractivity contribution in [3.8, 4) is 5.75 Å². The molecule has 1 unspecified atom stereocenters. The molecular formula is C20H29NO4S2. The molecule has 1 heterocycles. The number of rotatable bonds is 7. The lowest BCUT2D eigenvalue weighted by Gasteiger charge is -2.19. The van der Waals surface area contributed by atoms with Gasteiger partial charge in [0.1, 0.15) is 5.75 Å². The summed E-state index contributed by atoms with van der Waals surface area (Å²) in [7, 11) is -1.65. The third-order valence-electron chi connectivity index (χ3n) is 4.37. The lowest BCUT2D eigenvalue weighted by Crippen LogP contribution is -2.26. The van der Waals surface area contributed by atoms with Crippen molar-refractivity contribution in [1.29, 1.82) is 0 Å². The number of thiophene rings is 1. The molecule has 150 valence electrons. The van der Waals surface area contributed by atoms with Gasteiger partial charge in [-0.15, -0.1) is 11.3 Å². The molecule has 1 aromatic heterocycles. The second-order valence-corrected chi connectivity index (χ2v) is 9.39. The molecule has 0 radical (unpaired) electrons. The van der Waals surface area contributed by atoms with Crippen molar-refractivity contribution in [3.05, 3.63) is 51.7 Å². The van der Waals surface area contributed by atoms with Crippen molar-refractivity contribution >= 4 is 21.5 Å². The number of fused-ring (bicyclic) bond motifs is 1. The molecule has 0 spiro atoms. The maximum Gasteiger partial charge on any atom is 0.261 e. The van der Waals surface area contributed by atoms with Crippen LogP contribution in [0.15, 0.2) is 35.7 Å². The van der Waals surface area contributed by atoms with E-state index in [1.807, 2.05) is 18.4 Å². The number of benzene rings is 1. The number of hydrogen-bond donors (Lipinski definition) is 2. The summed E-state index contributed by atoms with van der Waals surface area (Å²) in [6.07, 6.45) is 6.89. The number of ether oxygens (including phenoxy) is 1. The second kappa shape index (κ2) is 10.8. The lowest BCUT2D eigenvalue weighted by atomic mass is 9.92. The predicted octanol–water partition coefficient (Wildman–Crippen LogP) is 3.59. The van der Waals surface area contributed by atoms with Crippen molar-refractivity contribution in [2.24, 2.45) is 5.92 Å². The Balaban J connectivity index is 0.000000465. The summed E-state index contributed by atoms with van der Waals surface area (Å²) in [6, 6.07) is 11.0. The van der Waals surface area contributed by atoms with E-state index in [1.165, 1.54) is 41.7 Å². The van der Waals surface area contributed by atoms with Gasteiger partial charge in [0.15, 0.2) is 0 Å². The minimum absolute atomic E-state index is 0.514. The van der Waals surface area contributed by atoms with E-state index in [1.54, 1.807) is 0 Å². The number of aryl methyl sites for hydroxylation is 2. The normalized spacial score (nSPS) is 14.6. The standard InChI is InChI=1S/C19H25NOS.CH4O3S/c1-20-13-15(11-19-7-4-10-22-19)14-21-18-9-8-16-5-2-3-6-17(16)12-18;1-5(2,3)4/h4,7-10,12,15,20H,2-3,5-6,11,13-14H2,1H3;1H3,(H,2,3,4). The average Bonchev–Trinajstić information content (AvgIpc) is 3.11. The van der Waals surface area contributed by atoms with E-state index in [-0.39, 0.29) is 0 Å². The van der Waals surface area contributed by atoms with Crippen molar-refractivity contribution in [1.82, 2.24) is 5.32 Å². The molecule has 3 rings (SSSR count). The molecule has 1 aliphatic carbocycles. The summed E-state index contributed by atoms with van der Waals surface area (Å²) in [4.78, 5) is 1.44. The van der Waals surface area contributed by atoms with E-state index >= 15 is 0 Å². The molecule has 0 amide bonds. The Morgan fingerprint density at radius 3 is 2.56 bits per heavy atom. The third-order valence-corrected chi connectivity index (χ3v) is 5.27. The van der Waals surface area contributed by atoms with Crippen LogP contribution in [0.4, 0.5) is 0 Å². The van der Waals surface area contributed by atoms with Crippen LogP contribution in [0, 0.1) is 5.92 Å². The van der Waals surface area contributed by atoms with Crippen LogP contribution in [-0.4, -0.2) is 39.4 Å². The molecule has 27 heavy (non-hydrogen) atoms. The highest BCUT2D eigenvalue weighted by atomic mass is 32.2. The minimum atomic E-state index is -3.67. The van der Waals surface area contributed by atoms with E-state index in [9.17, 15) is 8.42 Å². The molecule has 0 saturated carbocycles. The van der Waals surface area contributed by atoms with Gasteiger partial charge in [0.25, 0.3) is 10.1 Å². The molecule has 0 bridgehead atoms. The average molecular weight is 412 g/mol. The molecule has 7 heteroatoms. The second-order valence-electron chi connectivity index (χ2n) is 6.89. The molecule has 1 aliphatic rings. The van der Waals surface area contributed by atoms with Crippen LogP contribution in [-0.2, 0) is 29.4 Å². The van der Waals surface area contributed by atoms with Gasteiger partial charge in [0.2, 0.25) is 0 Å². The molecule has 0 fully saturated rings. The Morgan fingerprint density at radius 1 is 1.22 bits per heavy atom. The minimum Gasteiger partial charge on any atom is -0.493 e. The molecule has 0 saturated heterocycles. The number of hydrogen-bond acceptors (Lipinski definition) is 5. The fourth-order valence-electron chi connectivity index (χ4n) is 3.21. The van der Waals surface area contributed by atoms with Gasteiger partial charge < -0.3 is 10.1 Å². The van der Waals surface area contributed by atoms with Crippen molar-refractivity contribution < 1.29 is 17.7 Å².